The number of hydrogen-bond donors (Lipinski definition) is 1. The van der Waals surface area contributed by atoms with Gasteiger partial charge >= 0.3 is 6.61 Å². The quantitative estimate of drug-likeness (QED) is 0.871. The first-order chi connectivity index (χ1) is 9.61. The maximum atomic E-state index is 12.4. The molecule has 110 valence electrons. The van der Waals surface area contributed by atoms with Gasteiger partial charge in [0.05, 0.1) is 0 Å². The molecule has 0 bridgehead atoms. The maximum absolute atomic E-state index is 12.4. The third kappa shape index (κ3) is 3.45. The number of nitrogens with two attached hydrogens (primary N) is 1. The van der Waals surface area contributed by atoms with Crippen LogP contribution in [0.2, 0.25) is 0 Å². The minimum Gasteiger partial charge on any atom is -0.435 e. The van der Waals surface area contributed by atoms with Crippen LogP contribution >= 0.6 is 0 Å². The first kappa shape index (κ1) is 14.7. The van der Waals surface area contributed by atoms with E-state index in [4.69, 9.17) is 5.73 Å². The van der Waals surface area contributed by atoms with E-state index in [2.05, 4.69) is 4.74 Å². The first-order valence-corrected chi connectivity index (χ1v) is 6.67. The van der Waals surface area contributed by atoms with Crippen LogP contribution in [0.5, 0.6) is 5.75 Å². The highest BCUT2D eigenvalue weighted by atomic mass is 19.3. The third-order valence-corrected chi connectivity index (χ3v) is 3.45. The van der Waals surface area contributed by atoms with Gasteiger partial charge in [0.1, 0.15) is 5.75 Å². The van der Waals surface area contributed by atoms with Crippen LogP contribution < -0.4 is 10.5 Å². The average Bonchev–Trinajstić information content (AvgIpc) is 2.35. The molecule has 0 aromatic heterocycles. The molecule has 0 atom stereocenters. The van der Waals surface area contributed by atoms with Crippen molar-refractivity contribution in [1.29, 1.82) is 0 Å². The second-order valence-electron chi connectivity index (χ2n) is 4.78. The molecule has 1 aromatic carbocycles. The van der Waals surface area contributed by atoms with Crippen LogP contribution in [0.3, 0.4) is 0 Å². The number of carbonyl (C=O) groups is 1. The Morgan fingerprint density at radius 2 is 2.20 bits per heavy atom. The van der Waals surface area contributed by atoms with E-state index in [9.17, 15) is 13.6 Å². The Kier molecular flexibility index (Phi) is 4.89. The lowest BCUT2D eigenvalue weighted by molar-refractivity contribution is -0.0499. The molecule has 2 N–H and O–H groups in total. The van der Waals surface area contributed by atoms with Crippen molar-refractivity contribution in [2.24, 2.45) is 5.73 Å². The van der Waals surface area contributed by atoms with E-state index < -0.39 is 6.61 Å². The summed E-state index contributed by atoms with van der Waals surface area (Å²) in [5, 5.41) is 0. The molecular weight excluding hydrogens is 266 g/mol. The largest absolute Gasteiger partial charge is 0.435 e. The van der Waals surface area contributed by atoms with E-state index in [0.29, 0.717) is 18.7 Å². The summed E-state index contributed by atoms with van der Waals surface area (Å²) in [4.78, 5) is 14.2. The van der Waals surface area contributed by atoms with Gasteiger partial charge in [0.15, 0.2) is 0 Å². The van der Waals surface area contributed by atoms with Crippen LogP contribution in [0.15, 0.2) is 24.3 Å². The highest BCUT2D eigenvalue weighted by molar-refractivity contribution is 5.94. The van der Waals surface area contributed by atoms with Crippen molar-refractivity contribution in [2.75, 3.05) is 13.1 Å². The lowest BCUT2D eigenvalue weighted by Crippen LogP contribution is -2.46. The van der Waals surface area contributed by atoms with E-state index in [1.807, 2.05) is 0 Å². The SMILES string of the molecule is NCCN(C(=O)c1cccc(OC(F)F)c1)C1CCC1. The van der Waals surface area contributed by atoms with Crippen molar-refractivity contribution in [2.45, 2.75) is 31.9 Å². The second-order valence-corrected chi connectivity index (χ2v) is 4.78. The minimum atomic E-state index is -2.90. The summed E-state index contributed by atoms with van der Waals surface area (Å²) in [6.07, 6.45) is 3.05. The summed E-state index contributed by atoms with van der Waals surface area (Å²) in [7, 11) is 0. The zero-order valence-electron chi connectivity index (χ0n) is 11.1. The highest BCUT2D eigenvalue weighted by Crippen LogP contribution is 2.26. The van der Waals surface area contributed by atoms with E-state index in [1.165, 1.54) is 18.2 Å². The van der Waals surface area contributed by atoms with Gasteiger partial charge in [-0.05, 0) is 37.5 Å². The van der Waals surface area contributed by atoms with Gasteiger partial charge in [-0.25, -0.2) is 0 Å². The highest BCUT2D eigenvalue weighted by Gasteiger charge is 2.28. The van der Waals surface area contributed by atoms with Crippen LogP contribution in [0.4, 0.5) is 8.78 Å². The standard InChI is InChI=1S/C14H18F2N2O2/c15-14(16)20-12-6-1-3-10(9-12)13(19)18(8-7-17)11-4-2-5-11/h1,3,6,9,11,14H,2,4-5,7-8,17H2. The molecule has 4 nitrogen and oxygen atoms in total. The molecule has 1 aromatic rings. The van der Waals surface area contributed by atoms with Gasteiger partial charge in [-0.15, -0.1) is 0 Å². The van der Waals surface area contributed by atoms with Crippen molar-refractivity contribution in [3.05, 3.63) is 29.8 Å². The third-order valence-electron chi connectivity index (χ3n) is 3.45. The number of alkyl halides is 2. The molecule has 1 aliphatic carbocycles. The summed E-state index contributed by atoms with van der Waals surface area (Å²) in [5.41, 5.74) is 5.89. The summed E-state index contributed by atoms with van der Waals surface area (Å²) in [5.74, 6) is -0.188. The molecule has 0 radical (unpaired) electrons. The lowest BCUT2D eigenvalue weighted by atomic mass is 9.91. The fourth-order valence-corrected chi connectivity index (χ4v) is 2.26. The van der Waals surface area contributed by atoms with E-state index in [1.54, 1.807) is 11.0 Å². The van der Waals surface area contributed by atoms with Gasteiger partial charge in [0.2, 0.25) is 0 Å². The van der Waals surface area contributed by atoms with E-state index >= 15 is 0 Å². The number of amides is 1. The molecular formula is C14H18F2N2O2. The number of ether oxygens (including phenoxy) is 1. The predicted octanol–water partition coefficient (Wildman–Crippen LogP) is 2.24. The van der Waals surface area contributed by atoms with Crippen molar-refractivity contribution in [3.63, 3.8) is 0 Å². The predicted molar refractivity (Wildman–Crippen MR) is 70.8 cm³/mol. The molecule has 1 saturated carbocycles. The monoisotopic (exact) mass is 284 g/mol. The molecule has 20 heavy (non-hydrogen) atoms. The molecule has 6 heteroatoms. The van der Waals surface area contributed by atoms with Gasteiger partial charge in [-0.1, -0.05) is 6.07 Å². The van der Waals surface area contributed by atoms with Crippen LogP contribution in [0.25, 0.3) is 0 Å². The molecule has 1 amide bonds. The Hall–Kier alpha value is -1.69. The maximum Gasteiger partial charge on any atom is 0.387 e. The van der Waals surface area contributed by atoms with Gasteiger partial charge in [0, 0.05) is 24.7 Å². The Morgan fingerprint density at radius 3 is 2.75 bits per heavy atom. The Labute approximate surface area is 116 Å². The number of nitrogens with zero attached hydrogens (tertiary/aromatic N) is 1. The van der Waals surface area contributed by atoms with Gasteiger partial charge in [-0.3, -0.25) is 4.79 Å². The number of halogens is 2. The summed E-state index contributed by atoms with van der Waals surface area (Å²) in [6, 6.07) is 6.09. The van der Waals surface area contributed by atoms with E-state index in [0.717, 1.165) is 19.3 Å². The fraction of sp³-hybridized carbons (Fsp3) is 0.500. The second kappa shape index (κ2) is 6.65. The zero-order valence-corrected chi connectivity index (χ0v) is 11.1. The van der Waals surface area contributed by atoms with Crippen molar-refractivity contribution < 1.29 is 18.3 Å². The molecule has 2 rings (SSSR count). The number of rotatable bonds is 6. The van der Waals surface area contributed by atoms with Crippen molar-refractivity contribution in [1.82, 2.24) is 4.90 Å². The van der Waals surface area contributed by atoms with Crippen molar-refractivity contribution in [3.8, 4) is 5.75 Å². The molecule has 0 aliphatic heterocycles. The number of hydrogen-bond acceptors (Lipinski definition) is 3. The van der Waals surface area contributed by atoms with Crippen LogP contribution in [0.1, 0.15) is 29.6 Å². The fourth-order valence-electron chi connectivity index (χ4n) is 2.26. The van der Waals surface area contributed by atoms with Crippen molar-refractivity contribution >= 4 is 5.91 Å². The smallest absolute Gasteiger partial charge is 0.387 e. The van der Waals surface area contributed by atoms with Gasteiger partial charge < -0.3 is 15.4 Å². The van der Waals surface area contributed by atoms with E-state index in [-0.39, 0.29) is 17.7 Å². The number of carbonyl (C=O) groups excluding carboxylic acids is 1. The zero-order chi connectivity index (χ0) is 14.5. The normalized spacial score (nSPS) is 15.0. The number of benzene rings is 1. The summed E-state index contributed by atoms with van der Waals surface area (Å²) >= 11 is 0. The molecule has 0 heterocycles. The summed E-state index contributed by atoms with van der Waals surface area (Å²) < 4.78 is 28.7. The molecule has 0 spiro atoms. The first-order valence-electron chi connectivity index (χ1n) is 6.67. The Bertz CT molecular complexity index is 464. The molecule has 0 saturated heterocycles. The van der Waals surface area contributed by atoms with Gasteiger partial charge in [-0.2, -0.15) is 8.78 Å². The topological polar surface area (TPSA) is 55.6 Å². The van der Waals surface area contributed by atoms with Crippen LogP contribution in [-0.4, -0.2) is 36.5 Å². The Morgan fingerprint density at radius 1 is 1.45 bits per heavy atom. The molecule has 1 fully saturated rings. The minimum absolute atomic E-state index is 0.00726. The summed E-state index contributed by atoms with van der Waals surface area (Å²) in [6.45, 7) is -2.04. The van der Waals surface area contributed by atoms with Crippen LogP contribution in [-0.2, 0) is 0 Å². The molecule has 1 aliphatic rings. The van der Waals surface area contributed by atoms with Crippen LogP contribution in [0, 0.1) is 0 Å². The Balaban J connectivity index is 2.13. The molecule has 0 unspecified atom stereocenters. The lowest BCUT2D eigenvalue weighted by Gasteiger charge is -2.37. The van der Waals surface area contributed by atoms with Gasteiger partial charge in [0.25, 0.3) is 5.91 Å². The average molecular weight is 284 g/mol.